The predicted molar refractivity (Wildman–Crippen MR) is 71.0 cm³/mol. The van der Waals surface area contributed by atoms with Gasteiger partial charge in [0.1, 0.15) is 18.5 Å². The molecule has 0 fully saturated rings. The Labute approximate surface area is 109 Å². The molecule has 0 radical (unpaired) electrons. The van der Waals surface area contributed by atoms with Crippen molar-refractivity contribution >= 4 is 15.9 Å². The van der Waals surface area contributed by atoms with Gasteiger partial charge in [0.25, 0.3) is 0 Å². The summed E-state index contributed by atoms with van der Waals surface area (Å²) >= 11 is 3.40. The fraction of sp³-hybridized carbons (Fsp3) is 0.143. The van der Waals surface area contributed by atoms with E-state index in [9.17, 15) is 5.11 Å². The quantitative estimate of drug-likeness (QED) is 0.934. The lowest BCUT2D eigenvalue weighted by molar-refractivity contribution is 0.108. The van der Waals surface area contributed by atoms with Crippen molar-refractivity contribution in [3.05, 3.63) is 64.6 Å². The Balaban J connectivity index is 1.97. The van der Waals surface area contributed by atoms with E-state index in [0.29, 0.717) is 0 Å². The minimum absolute atomic E-state index is 0.243. The first kappa shape index (κ1) is 12.1. The molecule has 17 heavy (non-hydrogen) atoms. The molecule has 1 atom stereocenters. The second kappa shape index (κ2) is 5.84. The molecule has 0 heterocycles. The summed E-state index contributed by atoms with van der Waals surface area (Å²) in [5, 5.41) is 9.93. The van der Waals surface area contributed by atoms with Gasteiger partial charge in [-0.3, -0.25) is 0 Å². The largest absolute Gasteiger partial charge is 0.489 e. The van der Waals surface area contributed by atoms with Crippen LogP contribution in [0.2, 0.25) is 0 Å². The summed E-state index contributed by atoms with van der Waals surface area (Å²) in [5.41, 5.74) is 0.861. The molecule has 0 aliphatic heterocycles. The van der Waals surface area contributed by atoms with Crippen molar-refractivity contribution in [3.63, 3.8) is 0 Å². The van der Waals surface area contributed by atoms with E-state index >= 15 is 0 Å². The van der Waals surface area contributed by atoms with Crippen LogP contribution in [0, 0.1) is 0 Å². The van der Waals surface area contributed by atoms with E-state index in [1.165, 1.54) is 0 Å². The Morgan fingerprint density at radius 1 is 1.00 bits per heavy atom. The molecule has 0 spiro atoms. The number of para-hydroxylation sites is 1. The van der Waals surface area contributed by atoms with Crippen molar-refractivity contribution in [1.29, 1.82) is 0 Å². The van der Waals surface area contributed by atoms with Crippen LogP contribution in [0.25, 0.3) is 0 Å². The molecule has 3 heteroatoms. The summed E-state index contributed by atoms with van der Waals surface area (Å²) in [4.78, 5) is 0. The molecule has 0 bridgehead atoms. The third-order valence-electron chi connectivity index (χ3n) is 2.42. The van der Waals surface area contributed by atoms with E-state index in [1.807, 2.05) is 54.6 Å². The molecule has 2 nitrogen and oxygen atoms in total. The first-order valence-electron chi connectivity index (χ1n) is 5.37. The highest BCUT2D eigenvalue weighted by molar-refractivity contribution is 9.10. The van der Waals surface area contributed by atoms with E-state index in [2.05, 4.69) is 15.9 Å². The molecule has 0 amide bonds. The maximum Gasteiger partial charge on any atom is 0.133 e. The molecule has 1 N–H and O–H groups in total. The summed E-state index contributed by atoms with van der Waals surface area (Å²) in [5.74, 6) is 0.738. The molecule has 1 unspecified atom stereocenters. The molecule has 0 aliphatic rings. The van der Waals surface area contributed by atoms with Gasteiger partial charge >= 0.3 is 0 Å². The van der Waals surface area contributed by atoms with Gasteiger partial charge in [-0.15, -0.1) is 0 Å². The van der Waals surface area contributed by atoms with E-state index in [-0.39, 0.29) is 6.61 Å². The van der Waals surface area contributed by atoms with E-state index in [4.69, 9.17) is 4.74 Å². The van der Waals surface area contributed by atoms with Crippen molar-refractivity contribution in [2.24, 2.45) is 0 Å². The number of benzene rings is 2. The lowest BCUT2D eigenvalue weighted by Crippen LogP contribution is -2.09. The molecule has 0 aliphatic carbocycles. The SMILES string of the molecule is OC(COc1ccccc1Br)c1ccccc1. The topological polar surface area (TPSA) is 29.5 Å². The molecular formula is C14H13BrO2. The first-order chi connectivity index (χ1) is 8.27. The maximum absolute atomic E-state index is 9.93. The Bertz CT molecular complexity index is 471. The average molecular weight is 293 g/mol. The Morgan fingerprint density at radius 3 is 2.35 bits per heavy atom. The van der Waals surface area contributed by atoms with Crippen molar-refractivity contribution in [3.8, 4) is 5.75 Å². The monoisotopic (exact) mass is 292 g/mol. The van der Waals surface area contributed by atoms with Crippen LogP contribution in [0.15, 0.2) is 59.1 Å². The number of aliphatic hydroxyl groups is 1. The van der Waals surface area contributed by atoms with Gasteiger partial charge in [-0.25, -0.2) is 0 Å². The maximum atomic E-state index is 9.93. The molecule has 0 aromatic heterocycles. The number of rotatable bonds is 4. The summed E-state index contributed by atoms with van der Waals surface area (Å²) in [6.07, 6.45) is -0.608. The van der Waals surface area contributed by atoms with Gasteiger partial charge in [-0.05, 0) is 33.6 Å². The predicted octanol–water partition coefficient (Wildman–Crippen LogP) is 3.56. The Hall–Kier alpha value is -1.32. The summed E-state index contributed by atoms with van der Waals surface area (Å²) in [6, 6.07) is 17.1. The minimum atomic E-state index is -0.608. The van der Waals surface area contributed by atoms with Crippen LogP contribution in [-0.4, -0.2) is 11.7 Å². The molecule has 2 aromatic carbocycles. The highest BCUT2D eigenvalue weighted by Crippen LogP contribution is 2.25. The molecular weight excluding hydrogens is 280 g/mol. The fourth-order valence-electron chi connectivity index (χ4n) is 1.50. The van der Waals surface area contributed by atoms with Gasteiger partial charge < -0.3 is 9.84 Å². The van der Waals surface area contributed by atoms with Crippen LogP contribution in [0.4, 0.5) is 0 Å². The van der Waals surface area contributed by atoms with Gasteiger partial charge in [0, 0.05) is 0 Å². The van der Waals surface area contributed by atoms with Gasteiger partial charge in [0.2, 0.25) is 0 Å². The summed E-state index contributed by atoms with van der Waals surface area (Å²) in [7, 11) is 0. The van der Waals surface area contributed by atoms with E-state index < -0.39 is 6.10 Å². The first-order valence-corrected chi connectivity index (χ1v) is 6.17. The van der Waals surface area contributed by atoms with Crippen LogP contribution < -0.4 is 4.74 Å². The Kier molecular flexibility index (Phi) is 4.18. The van der Waals surface area contributed by atoms with E-state index in [0.717, 1.165) is 15.8 Å². The molecule has 0 saturated heterocycles. The van der Waals surface area contributed by atoms with Crippen LogP contribution in [0.5, 0.6) is 5.75 Å². The Morgan fingerprint density at radius 2 is 1.65 bits per heavy atom. The third-order valence-corrected chi connectivity index (χ3v) is 3.07. The van der Waals surface area contributed by atoms with Gasteiger partial charge in [0.15, 0.2) is 0 Å². The second-order valence-electron chi connectivity index (χ2n) is 3.67. The van der Waals surface area contributed by atoms with Crippen LogP contribution >= 0.6 is 15.9 Å². The smallest absolute Gasteiger partial charge is 0.133 e. The van der Waals surface area contributed by atoms with Gasteiger partial charge in [-0.1, -0.05) is 42.5 Å². The van der Waals surface area contributed by atoms with Crippen LogP contribution in [-0.2, 0) is 0 Å². The zero-order chi connectivity index (χ0) is 12.1. The number of halogens is 1. The van der Waals surface area contributed by atoms with Crippen molar-refractivity contribution in [2.45, 2.75) is 6.10 Å². The normalized spacial score (nSPS) is 12.1. The van der Waals surface area contributed by atoms with Crippen molar-refractivity contribution < 1.29 is 9.84 Å². The highest BCUT2D eigenvalue weighted by atomic mass is 79.9. The average Bonchev–Trinajstić information content (AvgIpc) is 2.38. The zero-order valence-electron chi connectivity index (χ0n) is 9.21. The lowest BCUT2D eigenvalue weighted by Gasteiger charge is -2.13. The lowest BCUT2D eigenvalue weighted by atomic mass is 10.1. The highest BCUT2D eigenvalue weighted by Gasteiger charge is 2.08. The van der Waals surface area contributed by atoms with E-state index in [1.54, 1.807) is 0 Å². The zero-order valence-corrected chi connectivity index (χ0v) is 10.8. The van der Waals surface area contributed by atoms with Crippen LogP contribution in [0.3, 0.4) is 0 Å². The van der Waals surface area contributed by atoms with Crippen molar-refractivity contribution in [2.75, 3.05) is 6.61 Å². The van der Waals surface area contributed by atoms with Gasteiger partial charge in [-0.2, -0.15) is 0 Å². The second-order valence-corrected chi connectivity index (χ2v) is 4.52. The number of ether oxygens (including phenoxy) is 1. The molecule has 0 saturated carbocycles. The fourth-order valence-corrected chi connectivity index (χ4v) is 1.90. The van der Waals surface area contributed by atoms with Crippen molar-refractivity contribution in [1.82, 2.24) is 0 Å². The number of hydrogen-bond donors (Lipinski definition) is 1. The number of aliphatic hydroxyl groups excluding tert-OH is 1. The minimum Gasteiger partial charge on any atom is -0.489 e. The molecule has 2 aromatic rings. The van der Waals surface area contributed by atoms with Crippen LogP contribution in [0.1, 0.15) is 11.7 Å². The third kappa shape index (κ3) is 3.32. The molecule has 88 valence electrons. The standard InChI is InChI=1S/C14H13BrO2/c15-12-8-4-5-9-14(12)17-10-13(16)11-6-2-1-3-7-11/h1-9,13,16H,10H2. The molecule has 2 rings (SSSR count). The summed E-state index contributed by atoms with van der Waals surface area (Å²) < 4.78 is 6.45. The summed E-state index contributed by atoms with van der Waals surface area (Å²) in [6.45, 7) is 0.243. The van der Waals surface area contributed by atoms with Gasteiger partial charge in [0.05, 0.1) is 4.47 Å². The number of hydrogen-bond acceptors (Lipinski definition) is 2.